The molecule has 0 spiro atoms. The molecule has 1 saturated heterocycles. The van der Waals surface area contributed by atoms with Crippen LogP contribution in [0.15, 0.2) is 0 Å². The highest BCUT2D eigenvalue weighted by Gasteiger charge is 2.16. The molecule has 2 atom stereocenters. The van der Waals surface area contributed by atoms with Gasteiger partial charge in [0.05, 0.1) is 12.2 Å². The van der Waals surface area contributed by atoms with Gasteiger partial charge in [0.15, 0.2) is 0 Å². The molecule has 1 aliphatic rings. The maximum Gasteiger partial charge on any atom is 0.0700 e. The monoisotopic (exact) mass is 129 g/mol. The van der Waals surface area contributed by atoms with Gasteiger partial charge in [-0.05, 0) is 26.2 Å². The average Bonchev–Trinajstić information content (AvgIpc) is 1.88. The van der Waals surface area contributed by atoms with E-state index in [1.807, 2.05) is 0 Å². The molecule has 1 heterocycles. The highest BCUT2D eigenvalue weighted by Crippen LogP contribution is 2.17. The van der Waals surface area contributed by atoms with Gasteiger partial charge in [-0.1, -0.05) is 0 Å². The highest BCUT2D eigenvalue weighted by atomic mass is 16.5. The Balaban J connectivity index is 2.23. The van der Waals surface area contributed by atoms with Gasteiger partial charge in [0.1, 0.15) is 0 Å². The van der Waals surface area contributed by atoms with Crippen molar-refractivity contribution < 1.29 is 4.74 Å². The van der Waals surface area contributed by atoms with Gasteiger partial charge in [-0.15, -0.1) is 0 Å². The van der Waals surface area contributed by atoms with Crippen molar-refractivity contribution in [3.63, 3.8) is 0 Å². The van der Waals surface area contributed by atoms with Crippen LogP contribution in [0.2, 0.25) is 0 Å². The quantitative estimate of drug-likeness (QED) is 0.571. The van der Waals surface area contributed by atoms with Gasteiger partial charge in [-0.25, -0.2) is 0 Å². The van der Waals surface area contributed by atoms with Crippen molar-refractivity contribution in [2.24, 2.45) is 5.73 Å². The number of hydrogen-bond acceptors (Lipinski definition) is 2. The summed E-state index contributed by atoms with van der Waals surface area (Å²) in [4.78, 5) is 0. The third-order valence-electron chi connectivity index (χ3n) is 1.82. The van der Waals surface area contributed by atoms with Gasteiger partial charge in [0, 0.05) is 6.54 Å². The maximum atomic E-state index is 5.51. The fourth-order valence-electron chi connectivity index (χ4n) is 1.27. The highest BCUT2D eigenvalue weighted by molar-refractivity contribution is 4.67. The Morgan fingerprint density at radius 1 is 1.56 bits per heavy atom. The van der Waals surface area contributed by atoms with Crippen LogP contribution in [0.3, 0.4) is 0 Å². The molecule has 1 rings (SSSR count). The minimum Gasteiger partial charge on any atom is -0.374 e. The molecule has 2 N–H and O–H groups in total. The van der Waals surface area contributed by atoms with Gasteiger partial charge in [-0.3, -0.25) is 0 Å². The summed E-state index contributed by atoms with van der Waals surface area (Å²) >= 11 is 0. The van der Waals surface area contributed by atoms with E-state index in [0.29, 0.717) is 18.8 Å². The molecular formula is C7H15NO. The summed E-state index contributed by atoms with van der Waals surface area (Å²) in [5.74, 6) is 0. The number of hydrogen-bond donors (Lipinski definition) is 1. The Morgan fingerprint density at radius 3 is 2.78 bits per heavy atom. The Hall–Kier alpha value is -0.0800. The zero-order chi connectivity index (χ0) is 6.69. The third kappa shape index (κ3) is 1.95. The zero-order valence-electron chi connectivity index (χ0n) is 5.97. The Morgan fingerprint density at radius 2 is 2.33 bits per heavy atom. The van der Waals surface area contributed by atoms with Crippen LogP contribution in [-0.4, -0.2) is 18.8 Å². The van der Waals surface area contributed by atoms with E-state index in [9.17, 15) is 0 Å². The van der Waals surface area contributed by atoms with E-state index >= 15 is 0 Å². The first-order valence-corrected chi connectivity index (χ1v) is 3.68. The Kier molecular flexibility index (Phi) is 2.49. The molecule has 1 fully saturated rings. The predicted octanol–water partition coefficient (Wildman–Crippen LogP) is 0.903. The lowest BCUT2D eigenvalue weighted by molar-refractivity contribution is -0.0341. The predicted molar refractivity (Wildman–Crippen MR) is 37.2 cm³/mol. The molecule has 2 nitrogen and oxygen atoms in total. The molecule has 0 aliphatic carbocycles. The van der Waals surface area contributed by atoms with Crippen LogP contribution in [0.25, 0.3) is 0 Å². The molecule has 0 radical (unpaired) electrons. The molecule has 54 valence electrons. The van der Waals surface area contributed by atoms with Crippen molar-refractivity contribution >= 4 is 0 Å². The second-order valence-corrected chi connectivity index (χ2v) is 2.74. The molecule has 0 bridgehead atoms. The molecule has 0 amide bonds. The number of nitrogens with two attached hydrogens (primary N) is 1. The topological polar surface area (TPSA) is 35.2 Å². The molecule has 1 aliphatic heterocycles. The first kappa shape index (κ1) is 7.03. The Bertz CT molecular complexity index is 85.0. The maximum absolute atomic E-state index is 5.51. The second-order valence-electron chi connectivity index (χ2n) is 2.74. The van der Waals surface area contributed by atoms with Crippen LogP contribution in [0, 0.1) is 0 Å². The minimum atomic E-state index is 0.341. The normalized spacial score (nSPS) is 36.7. The molecule has 0 aromatic rings. The summed E-state index contributed by atoms with van der Waals surface area (Å²) in [5, 5.41) is 0. The van der Waals surface area contributed by atoms with E-state index < -0.39 is 0 Å². The fraction of sp³-hybridized carbons (Fsp3) is 1.00. The van der Waals surface area contributed by atoms with E-state index in [2.05, 4.69) is 6.92 Å². The lowest BCUT2D eigenvalue weighted by atomic mass is 10.1. The molecule has 0 unspecified atom stereocenters. The lowest BCUT2D eigenvalue weighted by Crippen LogP contribution is -2.31. The van der Waals surface area contributed by atoms with Crippen LogP contribution < -0.4 is 5.73 Å². The molecular weight excluding hydrogens is 114 g/mol. The molecule has 0 aromatic carbocycles. The van der Waals surface area contributed by atoms with Gasteiger partial charge in [0.25, 0.3) is 0 Å². The molecule has 0 saturated carbocycles. The van der Waals surface area contributed by atoms with Crippen molar-refractivity contribution in [3.05, 3.63) is 0 Å². The summed E-state index contributed by atoms with van der Waals surface area (Å²) in [6.07, 6.45) is 4.42. The lowest BCUT2D eigenvalue weighted by Gasteiger charge is -2.26. The van der Waals surface area contributed by atoms with Crippen LogP contribution in [0.4, 0.5) is 0 Å². The van der Waals surface area contributed by atoms with E-state index in [1.54, 1.807) is 0 Å². The van der Waals surface area contributed by atoms with Crippen molar-refractivity contribution in [1.29, 1.82) is 0 Å². The van der Waals surface area contributed by atoms with Gasteiger partial charge < -0.3 is 10.5 Å². The summed E-state index contributed by atoms with van der Waals surface area (Å²) < 4.78 is 5.51. The van der Waals surface area contributed by atoms with E-state index in [1.165, 1.54) is 12.8 Å². The zero-order valence-corrected chi connectivity index (χ0v) is 5.97. The van der Waals surface area contributed by atoms with Gasteiger partial charge in [0.2, 0.25) is 0 Å². The van der Waals surface area contributed by atoms with Crippen molar-refractivity contribution in [3.8, 4) is 0 Å². The van der Waals surface area contributed by atoms with Crippen LogP contribution >= 0.6 is 0 Å². The van der Waals surface area contributed by atoms with Gasteiger partial charge >= 0.3 is 0 Å². The summed E-state index contributed by atoms with van der Waals surface area (Å²) in [6, 6.07) is 0. The standard InChI is InChI=1S/C7H15NO/c1-6-3-2-4-7(5-8)9-6/h6-7H,2-5,8H2,1H3/t6-,7+/m0/s1. The summed E-state index contributed by atoms with van der Waals surface area (Å²) in [6.45, 7) is 2.80. The SMILES string of the molecule is C[C@H]1CCC[C@H](CN)O1. The van der Waals surface area contributed by atoms with E-state index in [4.69, 9.17) is 10.5 Å². The minimum absolute atomic E-state index is 0.341. The third-order valence-corrected chi connectivity index (χ3v) is 1.82. The molecule has 2 heteroatoms. The van der Waals surface area contributed by atoms with E-state index in [-0.39, 0.29) is 0 Å². The smallest absolute Gasteiger partial charge is 0.0700 e. The summed E-state index contributed by atoms with van der Waals surface area (Å²) in [7, 11) is 0. The average molecular weight is 129 g/mol. The fourth-order valence-corrected chi connectivity index (χ4v) is 1.27. The van der Waals surface area contributed by atoms with E-state index in [0.717, 1.165) is 6.42 Å². The van der Waals surface area contributed by atoms with Crippen LogP contribution in [0.1, 0.15) is 26.2 Å². The van der Waals surface area contributed by atoms with Crippen LogP contribution in [-0.2, 0) is 4.74 Å². The summed E-state index contributed by atoms with van der Waals surface area (Å²) in [5.41, 5.74) is 5.44. The first-order valence-electron chi connectivity index (χ1n) is 3.68. The molecule has 0 aromatic heterocycles. The second kappa shape index (κ2) is 3.18. The largest absolute Gasteiger partial charge is 0.374 e. The van der Waals surface area contributed by atoms with Crippen molar-refractivity contribution in [2.45, 2.75) is 38.4 Å². The van der Waals surface area contributed by atoms with Gasteiger partial charge in [-0.2, -0.15) is 0 Å². The van der Waals surface area contributed by atoms with Crippen molar-refractivity contribution in [2.75, 3.05) is 6.54 Å². The Labute approximate surface area is 56.4 Å². The number of rotatable bonds is 1. The molecule has 9 heavy (non-hydrogen) atoms. The van der Waals surface area contributed by atoms with Crippen LogP contribution in [0.5, 0.6) is 0 Å². The first-order chi connectivity index (χ1) is 4.33. The number of ether oxygens (including phenoxy) is 1. The van der Waals surface area contributed by atoms with Crippen molar-refractivity contribution in [1.82, 2.24) is 0 Å².